The molecule has 2 aromatic rings. The van der Waals surface area contributed by atoms with E-state index in [4.69, 9.17) is 4.74 Å². The van der Waals surface area contributed by atoms with E-state index in [0.29, 0.717) is 18.9 Å². The van der Waals surface area contributed by atoms with Crippen LogP contribution in [-0.2, 0) is 24.4 Å². The molecular weight excluding hydrogens is 314 g/mol. The molecule has 23 heavy (non-hydrogen) atoms. The number of tetrazole rings is 2. The zero-order chi connectivity index (χ0) is 16.3. The summed E-state index contributed by atoms with van der Waals surface area (Å²) in [6, 6.07) is 0.0810. The lowest BCUT2D eigenvalue weighted by atomic mass is 10.2. The average molecular weight is 332 g/mol. The van der Waals surface area contributed by atoms with Gasteiger partial charge in [-0.1, -0.05) is 10.2 Å². The summed E-state index contributed by atoms with van der Waals surface area (Å²) >= 11 is 0. The van der Waals surface area contributed by atoms with Crippen LogP contribution in [0.1, 0.15) is 25.1 Å². The van der Waals surface area contributed by atoms with Gasteiger partial charge in [-0.25, -0.2) is 8.78 Å². The average Bonchev–Trinajstić information content (AvgIpc) is 3.20. The van der Waals surface area contributed by atoms with Crippen molar-refractivity contribution in [1.82, 2.24) is 40.4 Å². The molecule has 0 unspecified atom stereocenters. The molecule has 0 saturated heterocycles. The summed E-state index contributed by atoms with van der Waals surface area (Å²) in [5, 5.41) is 23.0. The lowest BCUT2D eigenvalue weighted by Crippen LogP contribution is -2.06. The van der Waals surface area contributed by atoms with Crippen molar-refractivity contribution < 1.29 is 18.3 Å². The Labute approximate surface area is 130 Å². The molecule has 128 valence electrons. The van der Waals surface area contributed by atoms with Crippen LogP contribution in [0.3, 0.4) is 0 Å². The van der Waals surface area contributed by atoms with Crippen molar-refractivity contribution in [2.75, 3.05) is 20.1 Å². The van der Waals surface area contributed by atoms with Gasteiger partial charge in [0.05, 0.1) is 13.1 Å². The fourth-order valence-electron chi connectivity index (χ4n) is 1.75. The first-order valence-corrected chi connectivity index (χ1v) is 7.19. The first-order chi connectivity index (χ1) is 11.3. The van der Waals surface area contributed by atoms with Gasteiger partial charge in [0.25, 0.3) is 0 Å². The smallest absolute Gasteiger partial charge is 0.356 e. The number of unbranched alkanes of at least 4 members (excludes halogenated alkanes) is 2. The van der Waals surface area contributed by atoms with Gasteiger partial charge in [0, 0.05) is 0 Å². The molecule has 2 heterocycles. The van der Waals surface area contributed by atoms with Crippen molar-refractivity contribution in [3.8, 4) is 6.01 Å². The van der Waals surface area contributed by atoms with Crippen LogP contribution in [0.15, 0.2) is 0 Å². The van der Waals surface area contributed by atoms with Crippen molar-refractivity contribution >= 4 is 0 Å². The zero-order valence-corrected chi connectivity index (χ0v) is 12.5. The standard InChI is InChI=1S/C11H18F2N8O2/c12-4-7-23-11-15-19-21(17-11)6-3-1-2-5-20-16-10(14-18-20)8-22-9-13/h1-9H2. The third-order valence-corrected chi connectivity index (χ3v) is 2.76. The van der Waals surface area contributed by atoms with Gasteiger partial charge in [0.1, 0.15) is 19.9 Å². The van der Waals surface area contributed by atoms with Crippen LogP contribution in [0, 0.1) is 0 Å². The largest absolute Gasteiger partial charge is 0.459 e. The second-order valence-electron chi connectivity index (χ2n) is 4.53. The van der Waals surface area contributed by atoms with Gasteiger partial charge in [-0.3, -0.25) is 0 Å². The highest BCUT2D eigenvalue weighted by atomic mass is 19.1. The minimum atomic E-state index is -0.870. The van der Waals surface area contributed by atoms with Crippen molar-refractivity contribution in [2.45, 2.75) is 39.0 Å². The Morgan fingerprint density at radius 2 is 1.65 bits per heavy atom. The molecule has 10 nitrogen and oxygen atoms in total. The Balaban J connectivity index is 1.58. The van der Waals surface area contributed by atoms with E-state index >= 15 is 0 Å². The molecule has 12 heteroatoms. The highest BCUT2D eigenvalue weighted by Gasteiger charge is 2.04. The lowest BCUT2D eigenvalue weighted by molar-refractivity contribution is 0.0423. The van der Waals surface area contributed by atoms with Gasteiger partial charge < -0.3 is 9.47 Å². The fraction of sp³-hybridized carbons (Fsp3) is 0.818. The van der Waals surface area contributed by atoms with E-state index in [9.17, 15) is 8.78 Å². The minimum absolute atomic E-state index is 0.0152. The third kappa shape index (κ3) is 6.18. The molecule has 0 amide bonds. The Kier molecular flexibility index (Phi) is 7.23. The molecule has 0 N–H and O–H groups in total. The summed E-state index contributed by atoms with van der Waals surface area (Å²) < 4.78 is 33.2. The summed E-state index contributed by atoms with van der Waals surface area (Å²) in [7, 11) is 0. The maximum atomic E-state index is 11.9. The number of alkyl halides is 2. The highest BCUT2D eigenvalue weighted by Crippen LogP contribution is 2.02. The molecule has 0 aliphatic carbocycles. The molecule has 0 fully saturated rings. The molecule has 0 aromatic carbocycles. The summed E-state index contributed by atoms with van der Waals surface area (Å²) in [4.78, 5) is 2.86. The van der Waals surface area contributed by atoms with Crippen molar-refractivity contribution in [1.29, 1.82) is 0 Å². The molecule has 2 rings (SSSR count). The van der Waals surface area contributed by atoms with Gasteiger partial charge in [-0.2, -0.15) is 9.59 Å². The van der Waals surface area contributed by atoms with E-state index in [2.05, 4.69) is 35.6 Å². The lowest BCUT2D eigenvalue weighted by Gasteiger charge is -2.00. The predicted molar refractivity (Wildman–Crippen MR) is 71.7 cm³/mol. The van der Waals surface area contributed by atoms with Crippen LogP contribution in [0.25, 0.3) is 0 Å². The Morgan fingerprint density at radius 3 is 2.39 bits per heavy atom. The zero-order valence-electron chi connectivity index (χ0n) is 12.5. The quantitative estimate of drug-likeness (QED) is 0.512. The van der Waals surface area contributed by atoms with E-state index in [1.54, 1.807) is 0 Å². The summed E-state index contributed by atoms with van der Waals surface area (Å²) in [5.41, 5.74) is 0. The maximum absolute atomic E-state index is 11.9. The molecular formula is C11H18F2N8O2. The predicted octanol–water partition coefficient (Wildman–Crippen LogP) is 0.322. The minimum Gasteiger partial charge on any atom is -0.459 e. The van der Waals surface area contributed by atoms with E-state index < -0.39 is 13.5 Å². The first kappa shape index (κ1) is 17.1. The fourth-order valence-corrected chi connectivity index (χ4v) is 1.75. The Bertz CT molecular complexity index is 515. The van der Waals surface area contributed by atoms with Gasteiger partial charge in [-0.15, -0.1) is 10.2 Å². The Morgan fingerprint density at radius 1 is 0.913 bits per heavy atom. The number of aromatic nitrogens is 8. The van der Waals surface area contributed by atoms with Gasteiger partial charge in [0.2, 0.25) is 0 Å². The normalized spacial score (nSPS) is 11.0. The van der Waals surface area contributed by atoms with Crippen LogP contribution in [0.5, 0.6) is 6.01 Å². The van der Waals surface area contributed by atoms with E-state index in [-0.39, 0.29) is 19.2 Å². The summed E-state index contributed by atoms with van der Waals surface area (Å²) in [6.07, 6.45) is 2.59. The van der Waals surface area contributed by atoms with Crippen LogP contribution in [-0.4, -0.2) is 60.6 Å². The number of rotatable bonds is 12. The number of aryl methyl sites for hydroxylation is 2. The van der Waals surface area contributed by atoms with Crippen LogP contribution in [0.2, 0.25) is 0 Å². The molecule has 2 aromatic heterocycles. The molecule has 0 spiro atoms. The summed E-state index contributed by atoms with van der Waals surface area (Å²) in [5.74, 6) is 0.357. The van der Waals surface area contributed by atoms with E-state index in [1.807, 2.05) is 0 Å². The van der Waals surface area contributed by atoms with Crippen molar-refractivity contribution in [3.63, 3.8) is 0 Å². The van der Waals surface area contributed by atoms with E-state index in [1.165, 1.54) is 9.59 Å². The second kappa shape index (κ2) is 9.71. The van der Waals surface area contributed by atoms with Crippen LogP contribution < -0.4 is 4.74 Å². The molecule has 0 radical (unpaired) electrons. The SMILES string of the molecule is FCCOc1nnn(CCCCCn2nnc(COCF)n2)n1. The topological polar surface area (TPSA) is 106 Å². The molecule has 0 atom stereocenters. The number of hydrogen-bond donors (Lipinski definition) is 0. The first-order valence-electron chi connectivity index (χ1n) is 7.19. The van der Waals surface area contributed by atoms with Crippen LogP contribution >= 0.6 is 0 Å². The van der Waals surface area contributed by atoms with Crippen molar-refractivity contribution in [2.24, 2.45) is 0 Å². The Hall–Kier alpha value is -2.24. The van der Waals surface area contributed by atoms with E-state index in [0.717, 1.165) is 19.3 Å². The highest BCUT2D eigenvalue weighted by molar-refractivity contribution is 4.81. The number of ether oxygens (including phenoxy) is 2. The van der Waals surface area contributed by atoms with Gasteiger partial charge in [-0.05, 0) is 29.7 Å². The molecule has 0 aliphatic rings. The van der Waals surface area contributed by atoms with Gasteiger partial charge >= 0.3 is 6.01 Å². The molecule has 0 aliphatic heterocycles. The molecule has 0 bridgehead atoms. The second-order valence-corrected chi connectivity index (χ2v) is 4.53. The van der Waals surface area contributed by atoms with Crippen molar-refractivity contribution in [3.05, 3.63) is 5.82 Å². The number of nitrogens with zero attached hydrogens (tertiary/aromatic N) is 8. The maximum Gasteiger partial charge on any atom is 0.356 e. The van der Waals surface area contributed by atoms with Gasteiger partial charge in [0.15, 0.2) is 12.7 Å². The van der Waals surface area contributed by atoms with Crippen LogP contribution in [0.4, 0.5) is 8.78 Å². The number of hydrogen-bond acceptors (Lipinski definition) is 8. The monoisotopic (exact) mass is 332 g/mol. The molecule has 0 saturated carbocycles. The third-order valence-electron chi connectivity index (χ3n) is 2.76. The summed E-state index contributed by atoms with van der Waals surface area (Å²) in [6.45, 7) is -0.321. The number of halogens is 2.